The Labute approximate surface area is 596 Å². The summed E-state index contributed by atoms with van der Waals surface area (Å²) in [7, 11) is 0. The van der Waals surface area contributed by atoms with Crippen molar-refractivity contribution in [3.8, 4) is 0 Å². The lowest BCUT2D eigenvalue weighted by molar-refractivity contribution is -0.359. The maximum atomic E-state index is 13.4. The predicted octanol–water partition coefficient (Wildman–Crippen LogP) is 19.6. The van der Waals surface area contributed by atoms with Crippen LogP contribution in [0.1, 0.15) is 418 Å². The zero-order chi connectivity index (χ0) is 70.1. The van der Waals surface area contributed by atoms with Gasteiger partial charge in [0.15, 0.2) is 12.6 Å². The van der Waals surface area contributed by atoms with Crippen LogP contribution in [-0.2, 0) is 23.7 Å². The molecule has 14 heteroatoms. The third kappa shape index (κ3) is 50.7. The second kappa shape index (κ2) is 67.9. The molecule has 14 nitrogen and oxygen atoms in total. The fourth-order valence-electron chi connectivity index (χ4n) is 14.5. The molecule has 9 N–H and O–H groups in total. The number of rotatable bonds is 73. The first-order valence-electron chi connectivity index (χ1n) is 42.4. The highest BCUT2D eigenvalue weighted by molar-refractivity contribution is 5.76. The monoisotopic (exact) mass is 1380 g/mol. The van der Waals surface area contributed by atoms with Gasteiger partial charge in [0.25, 0.3) is 0 Å². The molecule has 2 saturated heterocycles. The van der Waals surface area contributed by atoms with Crippen LogP contribution in [0, 0.1) is 0 Å². The number of aliphatic hydroxyl groups excluding tert-OH is 8. The van der Waals surface area contributed by atoms with Crippen LogP contribution in [0.5, 0.6) is 0 Å². The quantitative estimate of drug-likeness (QED) is 0.0204. The largest absolute Gasteiger partial charge is 0.394 e. The van der Waals surface area contributed by atoms with Crippen molar-refractivity contribution >= 4 is 5.91 Å². The van der Waals surface area contributed by atoms with E-state index in [1.165, 1.54) is 340 Å². The van der Waals surface area contributed by atoms with Crippen LogP contribution in [-0.4, -0.2) is 140 Å². The smallest absolute Gasteiger partial charge is 0.220 e. The van der Waals surface area contributed by atoms with Gasteiger partial charge in [0.05, 0.1) is 32.0 Å². The number of ether oxygens (including phenoxy) is 4. The van der Waals surface area contributed by atoms with Crippen molar-refractivity contribution < 1.29 is 64.6 Å². The SMILES string of the molecule is CCCCCCCCCC/C=C\CCCCCCCCCCCCCCCCCCCCCCCCCC(=O)NC(COC1OC(CO)C(OC2OC(CO)C(O)C(O)C2O)C(O)C1O)C(O)CCCCCCCCCCCCCCCCCCCCCCCCCCCCCC. The molecule has 2 heterocycles. The summed E-state index contributed by atoms with van der Waals surface area (Å²) in [5.41, 5.74) is 0. The molecule has 12 atom stereocenters. The lowest BCUT2D eigenvalue weighted by atomic mass is 9.97. The molecule has 0 bridgehead atoms. The molecule has 1 amide bonds. The number of carbonyl (C=O) groups is 1. The van der Waals surface area contributed by atoms with E-state index in [1.807, 2.05) is 0 Å². The second-order valence-corrected chi connectivity index (χ2v) is 30.3. The Hall–Kier alpha value is -1.27. The van der Waals surface area contributed by atoms with Crippen LogP contribution >= 0.6 is 0 Å². The van der Waals surface area contributed by atoms with Crippen molar-refractivity contribution in [3.05, 3.63) is 12.2 Å². The van der Waals surface area contributed by atoms with Crippen molar-refractivity contribution in [2.45, 2.75) is 492 Å². The zero-order valence-electron chi connectivity index (χ0n) is 63.4. The lowest BCUT2D eigenvalue weighted by Crippen LogP contribution is -2.65. The molecule has 0 aliphatic carbocycles. The van der Waals surface area contributed by atoms with Gasteiger partial charge in [-0.25, -0.2) is 0 Å². The number of unbranched alkanes of at least 4 members (excludes halogenated alkanes) is 58. The second-order valence-electron chi connectivity index (χ2n) is 30.3. The average Bonchev–Trinajstić information content (AvgIpc) is 0.793. The van der Waals surface area contributed by atoms with Crippen molar-refractivity contribution in [1.29, 1.82) is 0 Å². The van der Waals surface area contributed by atoms with E-state index in [2.05, 4.69) is 31.3 Å². The van der Waals surface area contributed by atoms with E-state index < -0.39 is 86.8 Å². The van der Waals surface area contributed by atoms with Crippen molar-refractivity contribution in [3.63, 3.8) is 0 Å². The Morgan fingerprint density at radius 3 is 0.979 bits per heavy atom. The summed E-state index contributed by atoms with van der Waals surface area (Å²) >= 11 is 0. The molecular formula is C83H161NO13. The van der Waals surface area contributed by atoms with E-state index in [-0.39, 0.29) is 12.5 Å². The van der Waals surface area contributed by atoms with Gasteiger partial charge in [0, 0.05) is 6.42 Å². The van der Waals surface area contributed by atoms with E-state index >= 15 is 0 Å². The van der Waals surface area contributed by atoms with Crippen LogP contribution < -0.4 is 5.32 Å². The standard InChI is InChI=1S/C83H161NO13/c1-3-5-7-9-11-13-15-17-19-21-23-25-27-29-31-33-34-35-36-37-38-39-41-43-45-47-49-51-53-55-57-59-61-63-65-67-75(88)84-71(70-94-82-80(93)78(91)81(74(69-86)96-82)97-83-79(92)77(90)76(89)73(68-85)95-83)72(87)66-64-62-60-58-56-54-52-50-48-46-44-42-40-32-30-28-26-24-22-20-18-16-14-12-10-8-6-4-2/h21,23,71-74,76-83,85-87,89-93H,3-20,22,24-70H2,1-2H3,(H,84,88)/b23-21-. The molecular weight excluding hydrogens is 1220 g/mol. The summed E-state index contributed by atoms with van der Waals surface area (Å²) in [6.07, 6.45) is 69.9. The zero-order valence-corrected chi connectivity index (χ0v) is 63.4. The van der Waals surface area contributed by atoms with Gasteiger partial charge in [-0.2, -0.15) is 0 Å². The molecule has 2 aliphatic rings. The fraction of sp³-hybridized carbons (Fsp3) is 0.964. The van der Waals surface area contributed by atoms with Gasteiger partial charge < -0.3 is 65.1 Å². The summed E-state index contributed by atoms with van der Waals surface area (Å²) in [6.45, 7) is 2.94. The van der Waals surface area contributed by atoms with Crippen molar-refractivity contribution in [2.75, 3.05) is 19.8 Å². The van der Waals surface area contributed by atoms with Gasteiger partial charge in [0.1, 0.15) is 48.8 Å². The normalized spacial score (nSPS) is 22.1. The average molecular weight is 1380 g/mol. The van der Waals surface area contributed by atoms with Crippen LogP contribution in [0.25, 0.3) is 0 Å². The highest BCUT2D eigenvalue weighted by Crippen LogP contribution is 2.31. The van der Waals surface area contributed by atoms with Gasteiger partial charge in [0.2, 0.25) is 5.91 Å². The van der Waals surface area contributed by atoms with Crippen LogP contribution in [0.3, 0.4) is 0 Å². The van der Waals surface area contributed by atoms with E-state index in [0.29, 0.717) is 12.8 Å². The molecule has 12 unspecified atom stereocenters. The maximum Gasteiger partial charge on any atom is 0.220 e. The summed E-state index contributed by atoms with van der Waals surface area (Å²) in [6, 6.07) is -0.827. The Morgan fingerprint density at radius 1 is 0.361 bits per heavy atom. The molecule has 0 aromatic heterocycles. The Balaban J connectivity index is 1.57. The van der Waals surface area contributed by atoms with Gasteiger partial charge >= 0.3 is 0 Å². The maximum absolute atomic E-state index is 13.4. The minimum absolute atomic E-state index is 0.195. The van der Waals surface area contributed by atoms with Crippen LogP contribution in [0.2, 0.25) is 0 Å². The minimum Gasteiger partial charge on any atom is -0.394 e. The van der Waals surface area contributed by atoms with Gasteiger partial charge in [-0.15, -0.1) is 0 Å². The first kappa shape index (κ1) is 91.8. The first-order chi connectivity index (χ1) is 47.6. The van der Waals surface area contributed by atoms with E-state index in [0.717, 1.165) is 51.4 Å². The Bertz CT molecular complexity index is 1680. The number of carbonyl (C=O) groups excluding carboxylic acids is 1. The molecule has 97 heavy (non-hydrogen) atoms. The molecule has 2 rings (SSSR count). The number of allylic oxidation sites excluding steroid dienone is 2. The molecule has 2 aliphatic heterocycles. The molecule has 576 valence electrons. The van der Waals surface area contributed by atoms with Crippen LogP contribution in [0.15, 0.2) is 12.2 Å². The number of hydrogen-bond donors (Lipinski definition) is 9. The molecule has 2 fully saturated rings. The van der Waals surface area contributed by atoms with Crippen LogP contribution in [0.4, 0.5) is 0 Å². The van der Waals surface area contributed by atoms with Gasteiger partial charge in [-0.3, -0.25) is 4.79 Å². The lowest BCUT2D eigenvalue weighted by Gasteiger charge is -2.46. The van der Waals surface area contributed by atoms with E-state index in [4.69, 9.17) is 18.9 Å². The van der Waals surface area contributed by atoms with Gasteiger partial charge in [-0.05, 0) is 38.5 Å². The third-order valence-corrected chi connectivity index (χ3v) is 21.2. The Morgan fingerprint density at radius 2 is 0.649 bits per heavy atom. The summed E-state index contributed by atoms with van der Waals surface area (Å²) in [4.78, 5) is 13.4. The van der Waals surface area contributed by atoms with E-state index in [1.54, 1.807) is 0 Å². The number of hydrogen-bond acceptors (Lipinski definition) is 13. The Kier molecular flexibility index (Phi) is 64.2. The van der Waals surface area contributed by atoms with Gasteiger partial charge in [-0.1, -0.05) is 386 Å². The summed E-state index contributed by atoms with van der Waals surface area (Å²) in [5, 5.41) is 87.9. The number of nitrogens with one attached hydrogen (secondary N) is 1. The number of aliphatic hydroxyl groups is 8. The number of amides is 1. The highest BCUT2D eigenvalue weighted by atomic mass is 16.7. The summed E-state index contributed by atoms with van der Waals surface area (Å²) in [5.74, 6) is -0.195. The molecule has 0 aromatic rings. The fourth-order valence-corrected chi connectivity index (χ4v) is 14.5. The summed E-state index contributed by atoms with van der Waals surface area (Å²) < 4.78 is 23.0. The topological polar surface area (TPSA) is 228 Å². The minimum atomic E-state index is -1.78. The van der Waals surface area contributed by atoms with E-state index in [9.17, 15) is 45.6 Å². The predicted molar refractivity (Wildman–Crippen MR) is 402 cm³/mol. The highest BCUT2D eigenvalue weighted by Gasteiger charge is 2.51. The first-order valence-corrected chi connectivity index (χ1v) is 42.4. The van der Waals surface area contributed by atoms with Crippen molar-refractivity contribution in [2.24, 2.45) is 0 Å². The van der Waals surface area contributed by atoms with Crippen molar-refractivity contribution in [1.82, 2.24) is 5.32 Å². The molecule has 0 radical (unpaired) electrons. The molecule has 0 spiro atoms. The molecule has 0 saturated carbocycles. The molecule has 0 aromatic carbocycles. The third-order valence-electron chi connectivity index (χ3n) is 21.2.